The lowest BCUT2D eigenvalue weighted by Crippen LogP contribution is -2.30. The summed E-state index contributed by atoms with van der Waals surface area (Å²) >= 11 is 7.10. The maximum Gasteiger partial charge on any atom is 0.171 e. The minimum atomic E-state index is 0.149. The van der Waals surface area contributed by atoms with Crippen LogP contribution in [-0.4, -0.2) is 10.1 Å². The van der Waals surface area contributed by atoms with Gasteiger partial charge in [-0.25, -0.2) is 4.98 Å². The molecule has 0 radical (unpaired) electrons. The molecule has 0 aliphatic rings. The van der Waals surface area contributed by atoms with Gasteiger partial charge in [-0.05, 0) is 43.8 Å². The third kappa shape index (κ3) is 4.19. The van der Waals surface area contributed by atoms with E-state index in [1.54, 1.807) is 11.3 Å². The number of nitrogens with zero attached hydrogens (tertiary/aromatic N) is 1. The van der Waals surface area contributed by atoms with Gasteiger partial charge in [0, 0.05) is 16.6 Å². The molecule has 0 bridgehead atoms. The lowest BCUT2D eigenvalue weighted by atomic mass is 10.1. The number of benzene rings is 2. The van der Waals surface area contributed by atoms with Gasteiger partial charge in [-0.3, -0.25) is 0 Å². The lowest BCUT2D eigenvalue weighted by Gasteiger charge is -2.17. The Morgan fingerprint density at radius 1 is 1.12 bits per heavy atom. The quantitative estimate of drug-likeness (QED) is 0.635. The molecule has 2 N–H and O–H groups in total. The van der Waals surface area contributed by atoms with Gasteiger partial charge in [0.1, 0.15) is 0 Å². The predicted octanol–water partition coefficient (Wildman–Crippen LogP) is 5.17. The highest BCUT2D eigenvalue weighted by Crippen LogP contribution is 2.24. The normalized spacial score (nSPS) is 11.8. The zero-order valence-corrected chi connectivity index (χ0v) is 15.2. The van der Waals surface area contributed by atoms with Crippen LogP contribution in [0.15, 0.2) is 60.0 Å². The molecule has 3 rings (SSSR count). The lowest BCUT2D eigenvalue weighted by molar-refractivity contribution is 0.722. The number of aryl methyl sites for hydroxylation is 1. The van der Waals surface area contributed by atoms with Gasteiger partial charge in [-0.2, -0.15) is 0 Å². The van der Waals surface area contributed by atoms with Crippen LogP contribution in [0, 0.1) is 6.92 Å². The van der Waals surface area contributed by atoms with Crippen molar-refractivity contribution in [3.05, 3.63) is 70.5 Å². The summed E-state index contributed by atoms with van der Waals surface area (Å²) in [6.07, 6.45) is 0. The third-order valence-corrected chi connectivity index (χ3v) is 4.68. The maximum atomic E-state index is 5.44. The van der Waals surface area contributed by atoms with Crippen molar-refractivity contribution in [2.75, 3.05) is 5.32 Å². The van der Waals surface area contributed by atoms with Gasteiger partial charge in [-0.15, -0.1) is 11.3 Å². The van der Waals surface area contributed by atoms with Crippen molar-refractivity contribution in [2.45, 2.75) is 19.9 Å². The summed E-state index contributed by atoms with van der Waals surface area (Å²) in [7, 11) is 0. The first-order chi connectivity index (χ1) is 11.6. The Kier molecular flexibility index (Phi) is 5.23. The molecule has 0 amide bonds. The molecule has 0 saturated carbocycles. The Bertz CT molecular complexity index is 827. The van der Waals surface area contributed by atoms with Gasteiger partial charge < -0.3 is 10.6 Å². The van der Waals surface area contributed by atoms with E-state index in [1.807, 2.05) is 37.3 Å². The van der Waals surface area contributed by atoms with Gasteiger partial charge in [-0.1, -0.05) is 42.5 Å². The molecule has 1 aromatic heterocycles. The van der Waals surface area contributed by atoms with Crippen LogP contribution in [0.25, 0.3) is 11.3 Å². The topological polar surface area (TPSA) is 37.0 Å². The molecule has 0 fully saturated rings. The van der Waals surface area contributed by atoms with E-state index in [1.165, 1.54) is 5.56 Å². The maximum absolute atomic E-state index is 5.44. The van der Waals surface area contributed by atoms with E-state index in [2.05, 4.69) is 52.2 Å². The van der Waals surface area contributed by atoms with Crippen molar-refractivity contribution in [3.63, 3.8) is 0 Å². The number of nitrogens with one attached hydrogen (secondary N) is 2. The van der Waals surface area contributed by atoms with E-state index in [9.17, 15) is 0 Å². The molecule has 3 aromatic rings. The molecule has 0 aliphatic carbocycles. The zero-order chi connectivity index (χ0) is 16.9. The van der Waals surface area contributed by atoms with Crippen LogP contribution >= 0.6 is 23.6 Å². The number of rotatable bonds is 4. The predicted molar refractivity (Wildman–Crippen MR) is 107 cm³/mol. The molecule has 0 unspecified atom stereocenters. The number of hydrogen-bond donors (Lipinski definition) is 2. The summed E-state index contributed by atoms with van der Waals surface area (Å²) < 4.78 is 0. The number of thiocarbonyl (C=S) groups is 1. The molecule has 0 saturated heterocycles. The highest BCUT2D eigenvalue weighted by Gasteiger charge is 2.08. The Hall–Kier alpha value is -2.24. The van der Waals surface area contributed by atoms with E-state index in [0.29, 0.717) is 5.11 Å². The molecule has 0 spiro atoms. The standard InChI is InChI=1S/C19H19N3S2/c1-13(15-7-4-3-5-8-15)20-19(23)22-17-10-6-9-16(11-17)18-12-24-14(2)21-18/h3-13H,1-2H3,(H2,20,22,23)/t13-/m1/s1. The van der Waals surface area contributed by atoms with Crippen molar-refractivity contribution in [1.29, 1.82) is 0 Å². The van der Waals surface area contributed by atoms with Crippen molar-refractivity contribution >= 4 is 34.4 Å². The molecular weight excluding hydrogens is 334 g/mol. The molecule has 0 aliphatic heterocycles. The summed E-state index contributed by atoms with van der Waals surface area (Å²) in [5.74, 6) is 0. The highest BCUT2D eigenvalue weighted by atomic mass is 32.1. The highest BCUT2D eigenvalue weighted by molar-refractivity contribution is 7.80. The molecule has 122 valence electrons. The van der Waals surface area contributed by atoms with Crippen LogP contribution in [0.4, 0.5) is 5.69 Å². The summed E-state index contributed by atoms with van der Waals surface area (Å²) in [6.45, 7) is 4.11. The molecule has 2 aromatic carbocycles. The number of thiazole rings is 1. The summed E-state index contributed by atoms with van der Waals surface area (Å²) in [5.41, 5.74) is 4.24. The van der Waals surface area contributed by atoms with Crippen LogP contribution in [0.5, 0.6) is 0 Å². The monoisotopic (exact) mass is 353 g/mol. The van der Waals surface area contributed by atoms with E-state index >= 15 is 0 Å². The number of aromatic nitrogens is 1. The average molecular weight is 354 g/mol. The molecule has 1 heterocycles. The minimum absolute atomic E-state index is 0.149. The molecule has 3 nitrogen and oxygen atoms in total. The van der Waals surface area contributed by atoms with Crippen molar-refractivity contribution in [3.8, 4) is 11.3 Å². The Morgan fingerprint density at radius 2 is 1.92 bits per heavy atom. The first-order valence-electron chi connectivity index (χ1n) is 7.77. The van der Waals surface area contributed by atoms with Gasteiger partial charge in [0.15, 0.2) is 5.11 Å². The van der Waals surface area contributed by atoms with Crippen LogP contribution in [0.1, 0.15) is 23.5 Å². The van der Waals surface area contributed by atoms with Crippen molar-refractivity contribution < 1.29 is 0 Å². The second-order valence-electron chi connectivity index (χ2n) is 5.56. The fourth-order valence-electron chi connectivity index (χ4n) is 2.44. The molecule has 24 heavy (non-hydrogen) atoms. The van der Waals surface area contributed by atoms with E-state index < -0.39 is 0 Å². The fourth-order valence-corrected chi connectivity index (χ4v) is 3.36. The zero-order valence-electron chi connectivity index (χ0n) is 13.6. The largest absolute Gasteiger partial charge is 0.356 e. The Labute approximate surface area is 151 Å². The summed E-state index contributed by atoms with van der Waals surface area (Å²) in [6, 6.07) is 18.5. The third-order valence-electron chi connectivity index (χ3n) is 3.68. The summed E-state index contributed by atoms with van der Waals surface area (Å²) in [5, 5.41) is 10.3. The van der Waals surface area contributed by atoms with Gasteiger partial charge in [0.05, 0.1) is 16.7 Å². The first kappa shape index (κ1) is 16.6. The second-order valence-corrected chi connectivity index (χ2v) is 7.03. The minimum Gasteiger partial charge on any atom is -0.356 e. The number of anilines is 1. The van der Waals surface area contributed by atoms with E-state index in [4.69, 9.17) is 12.2 Å². The van der Waals surface area contributed by atoms with E-state index in [0.717, 1.165) is 22.0 Å². The van der Waals surface area contributed by atoms with E-state index in [-0.39, 0.29) is 6.04 Å². The van der Waals surface area contributed by atoms with Crippen LogP contribution in [0.2, 0.25) is 0 Å². The second kappa shape index (κ2) is 7.55. The average Bonchev–Trinajstić information content (AvgIpc) is 3.02. The van der Waals surface area contributed by atoms with Crippen molar-refractivity contribution in [2.24, 2.45) is 0 Å². The van der Waals surface area contributed by atoms with Crippen LogP contribution in [-0.2, 0) is 0 Å². The SMILES string of the molecule is Cc1nc(-c2cccc(NC(=S)N[C@H](C)c3ccccc3)c2)cs1. The summed E-state index contributed by atoms with van der Waals surface area (Å²) in [4.78, 5) is 4.53. The first-order valence-corrected chi connectivity index (χ1v) is 9.05. The Balaban J connectivity index is 1.66. The van der Waals surface area contributed by atoms with Gasteiger partial charge in [0.2, 0.25) is 0 Å². The van der Waals surface area contributed by atoms with Gasteiger partial charge >= 0.3 is 0 Å². The van der Waals surface area contributed by atoms with Crippen molar-refractivity contribution in [1.82, 2.24) is 10.3 Å². The number of hydrogen-bond acceptors (Lipinski definition) is 3. The molecule has 5 heteroatoms. The van der Waals surface area contributed by atoms with Crippen LogP contribution < -0.4 is 10.6 Å². The molecular formula is C19H19N3S2. The smallest absolute Gasteiger partial charge is 0.171 e. The van der Waals surface area contributed by atoms with Gasteiger partial charge in [0.25, 0.3) is 0 Å². The molecule has 1 atom stereocenters. The Morgan fingerprint density at radius 3 is 2.62 bits per heavy atom. The fraction of sp³-hybridized carbons (Fsp3) is 0.158. The van der Waals surface area contributed by atoms with Crippen LogP contribution in [0.3, 0.4) is 0 Å².